The molecule has 1 amide bonds. The van der Waals surface area contributed by atoms with E-state index < -0.39 is 0 Å². The van der Waals surface area contributed by atoms with Gasteiger partial charge in [0, 0.05) is 30.9 Å². The second kappa shape index (κ2) is 7.07. The summed E-state index contributed by atoms with van der Waals surface area (Å²) >= 11 is 12.0. The molecule has 0 saturated carbocycles. The van der Waals surface area contributed by atoms with Gasteiger partial charge in [0.15, 0.2) is 5.15 Å². The molecule has 0 fully saturated rings. The number of amides is 1. The Balaban J connectivity index is 1.74. The van der Waals surface area contributed by atoms with E-state index in [1.807, 2.05) is 53.1 Å². The lowest BCUT2D eigenvalue weighted by atomic mass is 10.2. The fraction of sp³-hybridized carbons (Fsp3) is 0.111. The largest absolute Gasteiger partial charge is 0.338 e. The number of halogens is 2. The van der Waals surface area contributed by atoms with Crippen LogP contribution in [0.4, 0.5) is 0 Å². The first kappa shape index (κ1) is 16.6. The molecular formula is C18H15Cl2N3O. The van der Waals surface area contributed by atoms with Crippen LogP contribution >= 0.6 is 23.2 Å². The van der Waals surface area contributed by atoms with Crippen LogP contribution in [-0.2, 0) is 11.3 Å². The Hall–Kier alpha value is -2.30. The molecule has 0 saturated heterocycles. The highest BCUT2D eigenvalue weighted by Crippen LogP contribution is 2.19. The van der Waals surface area contributed by atoms with Crippen LogP contribution in [0.2, 0.25) is 10.2 Å². The van der Waals surface area contributed by atoms with Gasteiger partial charge in [-0.15, -0.1) is 0 Å². The van der Waals surface area contributed by atoms with E-state index in [1.165, 1.54) is 6.08 Å². The number of imidazole rings is 1. The molecule has 6 heteroatoms. The normalized spacial score (nSPS) is 11.3. The first-order valence-electron chi connectivity index (χ1n) is 7.35. The van der Waals surface area contributed by atoms with Crippen molar-refractivity contribution in [3.63, 3.8) is 0 Å². The van der Waals surface area contributed by atoms with Crippen molar-refractivity contribution in [2.45, 2.75) is 6.54 Å². The Morgan fingerprint density at radius 3 is 2.71 bits per heavy atom. The quantitative estimate of drug-likeness (QED) is 0.650. The summed E-state index contributed by atoms with van der Waals surface area (Å²) in [6.45, 7) is 0.501. The summed E-state index contributed by atoms with van der Waals surface area (Å²) in [5.41, 5.74) is 2.43. The Labute approximate surface area is 149 Å². The van der Waals surface area contributed by atoms with Crippen molar-refractivity contribution in [2.75, 3.05) is 7.05 Å². The number of fused-ring (bicyclic) bond motifs is 1. The summed E-state index contributed by atoms with van der Waals surface area (Å²) in [6, 6.07) is 13.0. The van der Waals surface area contributed by atoms with Crippen molar-refractivity contribution in [3.8, 4) is 0 Å². The summed E-state index contributed by atoms with van der Waals surface area (Å²) in [6.07, 6.45) is 5.04. The second-order valence-electron chi connectivity index (χ2n) is 5.37. The predicted molar refractivity (Wildman–Crippen MR) is 97.2 cm³/mol. The minimum absolute atomic E-state index is 0.119. The molecule has 4 nitrogen and oxygen atoms in total. The van der Waals surface area contributed by atoms with Crippen LogP contribution in [0.25, 0.3) is 11.7 Å². The molecule has 3 rings (SSSR count). The molecule has 2 aromatic heterocycles. The van der Waals surface area contributed by atoms with Gasteiger partial charge < -0.3 is 4.90 Å². The number of hydrogen-bond donors (Lipinski definition) is 0. The lowest BCUT2D eigenvalue weighted by Gasteiger charge is -2.15. The van der Waals surface area contributed by atoms with Gasteiger partial charge in [0.2, 0.25) is 5.91 Å². The van der Waals surface area contributed by atoms with Gasteiger partial charge in [-0.1, -0.05) is 41.4 Å². The number of benzene rings is 1. The number of aromatic nitrogens is 2. The van der Waals surface area contributed by atoms with Crippen molar-refractivity contribution in [1.29, 1.82) is 0 Å². The van der Waals surface area contributed by atoms with E-state index in [-0.39, 0.29) is 5.91 Å². The van der Waals surface area contributed by atoms with Crippen molar-refractivity contribution in [1.82, 2.24) is 14.3 Å². The van der Waals surface area contributed by atoms with Gasteiger partial charge in [-0.05, 0) is 35.9 Å². The summed E-state index contributed by atoms with van der Waals surface area (Å²) in [4.78, 5) is 18.2. The Morgan fingerprint density at radius 2 is 1.96 bits per heavy atom. The molecule has 0 bridgehead atoms. The maximum Gasteiger partial charge on any atom is 0.246 e. The molecule has 122 valence electrons. The van der Waals surface area contributed by atoms with E-state index in [2.05, 4.69) is 4.98 Å². The van der Waals surface area contributed by atoms with Crippen LogP contribution in [0.1, 0.15) is 11.3 Å². The SMILES string of the molecule is CN(Cc1ccc(Cl)cc1)C(=O)C=Cc1c(Cl)nc2ccccn12. The minimum atomic E-state index is -0.119. The topological polar surface area (TPSA) is 37.6 Å². The summed E-state index contributed by atoms with van der Waals surface area (Å²) in [5.74, 6) is -0.119. The van der Waals surface area contributed by atoms with Crippen molar-refractivity contribution in [3.05, 3.63) is 76.2 Å². The second-order valence-corrected chi connectivity index (χ2v) is 6.17. The molecule has 0 unspecified atom stereocenters. The molecule has 2 heterocycles. The van der Waals surface area contributed by atoms with E-state index in [0.717, 1.165) is 11.2 Å². The number of likely N-dealkylation sites (N-methyl/N-ethyl adjacent to an activating group) is 1. The Kier molecular flexibility index (Phi) is 4.88. The number of carbonyl (C=O) groups excluding carboxylic acids is 1. The number of rotatable bonds is 4. The average Bonchev–Trinajstić information content (AvgIpc) is 2.90. The van der Waals surface area contributed by atoms with E-state index in [9.17, 15) is 4.79 Å². The minimum Gasteiger partial charge on any atom is -0.338 e. The van der Waals surface area contributed by atoms with E-state index in [0.29, 0.717) is 22.4 Å². The summed E-state index contributed by atoms with van der Waals surface area (Å²) in [5, 5.41) is 1.04. The Bertz CT molecular complexity index is 900. The van der Waals surface area contributed by atoms with E-state index >= 15 is 0 Å². The van der Waals surface area contributed by atoms with E-state index in [4.69, 9.17) is 23.2 Å². The number of pyridine rings is 1. The number of nitrogens with zero attached hydrogens (tertiary/aromatic N) is 3. The number of hydrogen-bond acceptors (Lipinski definition) is 2. The van der Waals surface area contributed by atoms with Gasteiger partial charge >= 0.3 is 0 Å². The van der Waals surface area contributed by atoms with Crippen LogP contribution in [0.15, 0.2) is 54.7 Å². The zero-order chi connectivity index (χ0) is 17.1. The van der Waals surface area contributed by atoms with Crippen molar-refractivity contribution >= 4 is 40.8 Å². The van der Waals surface area contributed by atoms with Crippen LogP contribution in [0.5, 0.6) is 0 Å². The molecule has 0 aliphatic carbocycles. The maximum atomic E-state index is 12.3. The van der Waals surface area contributed by atoms with Crippen LogP contribution < -0.4 is 0 Å². The van der Waals surface area contributed by atoms with Gasteiger partial charge in [0.25, 0.3) is 0 Å². The van der Waals surface area contributed by atoms with Crippen LogP contribution in [0.3, 0.4) is 0 Å². The molecule has 0 aliphatic rings. The molecule has 3 aromatic rings. The maximum absolute atomic E-state index is 12.3. The smallest absolute Gasteiger partial charge is 0.246 e. The Morgan fingerprint density at radius 1 is 1.21 bits per heavy atom. The molecule has 24 heavy (non-hydrogen) atoms. The van der Waals surface area contributed by atoms with E-state index in [1.54, 1.807) is 18.0 Å². The molecule has 0 N–H and O–H groups in total. The molecule has 0 radical (unpaired) electrons. The highest BCUT2D eigenvalue weighted by molar-refractivity contribution is 6.31. The van der Waals surface area contributed by atoms with Gasteiger partial charge in [0.1, 0.15) is 5.65 Å². The van der Waals surface area contributed by atoms with Crippen molar-refractivity contribution in [2.24, 2.45) is 0 Å². The fourth-order valence-corrected chi connectivity index (χ4v) is 2.72. The van der Waals surface area contributed by atoms with Crippen LogP contribution in [-0.4, -0.2) is 27.2 Å². The molecule has 1 aromatic carbocycles. The highest BCUT2D eigenvalue weighted by atomic mass is 35.5. The summed E-state index contributed by atoms with van der Waals surface area (Å²) in [7, 11) is 1.75. The lowest BCUT2D eigenvalue weighted by molar-refractivity contribution is -0.125. The summed E-state index contributed by atoms with van der Waals surface area (Å²) < 4.78 is 1.84. The monoisotopic (exact) mass is 359 g/mol. The molecule has 0 aliphatic heterocycles. The molecule has 0 spiro atoms. The van der Waals surface area contributed by atoms with Gasteiger partial charge in [-0.3, -0.25) is 9.20 Å². The highest BCUT2D eigenvalue weighted by Gasteiger charge is 2.09. The van der Waals surface area contributed by atoms with Gasteiger partial charge in [-0.2, -0.15) is 0 Å². The van der Waals surface area contributed by atoms with Crippen LogP contribution in [0, 0.1) is 0 Å². The third-order valence-electron chi connectivity index (χ3n) is 3.61. The third kappa shape index (κ3) is 3.61. The first-order valence-corrected chi connectivity index (χ1v) is 8.10. The third-order valence-corrected chi connectivity index (χ3v) is 4.15. The van der Waals surface area contributed by atoms with Gasteiger partial charge in [-0.25, -0.2) is 4.98 Å². The first-order chi connectivity index (χ1) is 11.5. The standard InChI is InChI=1S/C18H15Cl2N3O/c1-22(12-13-5-7-14(19)8-6-13)17(24)10-9-15-18(20)21-16-4-2-3-11-23(15)16/h2-11H,12H2,1H3. The number of carbonyl (C=O) groups is 1. The predicted octanol–water partition coefficient (Wildman–Crippen LogP) is 4.31. The van der Waals surface area contributed by atoms with Crippen molar-refractivity contribution < 1.29 is 4.79 Å². The lowest BCUT2D eigenvalue weighted by Crippen LogP contribution is -2.24. The fourth-order valence-electron chi connectivity index (χ4n) is 2.35. The zero-order valence-electron chi connectivity index (χ0n) is 13.0. The molecular weight excluding hydrogens is 345 g/mol. The van der Waals surface area contributed by atoms with Gasteiger partial charge in [0.05, 0.1) is 5.69 Å². The zero-order valence-corrected chi connectivity index (χ0v) is 14.5. The average molecular weight is 360 g/mol. The molecule has 0 atom stereocenters.